The number of aliphatic hydroxyl groups is 2. The van der Waals surface area contributed by atoms with Gasteiger partial charge in [0.2, 0.25) is 0 Å². The molecule has 0 aliphatic heterocycles. The van der Waals surface area contributed by atoms with Crippen molar-refractivity contribution in [2.75, 3.05) is 6.61 Å². The van der Waals surface area contributed by atoms with Crippen LogP contribution < -0.4 is 0 Å². The molecule has 0 fully saturated rings. The molecule has 0 aliphatic rings. The standard InChI is InChI=1S/C27H30O6/c28-16-25(32-18-22-12-6-2-7-13-22)27(33-19-23-14-8-3-9-15-23)26(30)24(29)20-31-17-21-10-4-1-5-11-21/h1-16,24-27,29-30H,17-20H2/t24-,25+,26+,27-/m1/s1. The number of hydrogen-bond acceptors (Lipinski definition) is 6. The summed E-state index contributed by atoms with van der Waals surface area (Å²) >= 11 is 0. The van der Waals surface area contributed by atoms with Gasteiger partial charge in [-0.25, -0.2) is 0 Å². The predicted molar refractivity (Wildman–Crippen MR) is 124 cm³/mol. The highest BCUT2D eigenvalue weighted by Crippen LogP contribution is 2.17. The van der Waals surface area contributed by atoms with Crippen LogP contribution >= 0.6 is 0 Å². The largest absolute Gasteiger partial charge is 0.388 e. The Morgan fingerprint density at radius 1 is 0.667 bits per heavy atom. The van der Waals surface area contributed by atoms with Gasteiger partial charge in [0.1, 0.15) is 24.4 Å². The quantitative estimate of drug-likeness (QED) is 0.367. The zero-order valence-electron chi connectivity index (χ0n) is 18.4. The third kappa shape index (κ3) is 8.20. The van der Waals surface area contributed by atoms with Crippen LogP contribution in [-0.2, 0) is 38.8 Å². The lowest BCUT2D eigenvalue weighted by Crippen LogP contribution is -2.49. The highest BCUT2D eigenvalue weighted by Gasteiger charge is 2.35. The van der Waals surface area contributed by atoms with Gasteiger partial charge in [-0.2, -0.15) is 0 Å². The van der Waals surface area contributed by atoms with Gasteiger partial charge in [0.05, 0.1) is 26.4 Å². The van der Waals surface area contributed by atoms with Crippen LogP contribution in [0.25, 0.3) is 0 Å². The summed E-state index contributed by atoms with van der Waals surface area (Å²) in [5, 5.41) is 21.4. The minimum Gasteiger partial charge on any atom is -0.388 e. The Labute approximate surface area is 194 Å². The van der Waals surface area contributed by atoms with Crippen LogP contribution in [0.15, 0.2) is 91.0 Å². The highest BCUT2D eigenvalue weighted by atomic mass is 16.6. The summed E-state index contributed by atoms with van der Waals surface area (Å²) < 4.78 is 17.2. The second-order valence-electron chi connectivity index (χ2n) is 7.72. The minimum absolute atomic E-state index is 0.120. The van der Waals surface area contributed by atoms with Crippen molar-refractivity contribution in [2.45, 2.75) is 44.2 Å². The SMILES string of the molecule is O=C[C@H](OCc1ccccc1)[C@@H](OCc1ccccc1)[C@@H](O)[C@H](O)COCc1ccccc1. The van der Waals surface area contributed by atoms with E-state index in [1.165, 1.54) is 0 Å². The van der Waals surface area contributed by atoms with E-state index in [0.29, 0.717) is 12.9 Å². The van der Waals surface area contributed by atoms with Crippen LogP contribution in [0.2, 0.25) is 0 Å². The van der Waals surface area contributed by atoms with E-state index < -0.39 is 24.4 Å². The molecule has 0 aromatic heterocycles. The van der Waals surface area contributed by atoms with Crippen molar-refractivity contribution in [3.8, 4) is 0 Å². The average Bonchev–Trinajstić information content (AvgIpc) is 2.87. The molecule has 0 unspecified atom stereocenters. The summed E-state index contributed by atoms with van der Waals surface area (Å²) in [5.74, 6) is 0. The van der Waals surface area contributed by atoms with Gasteiger partial charge in [-0.1, -0.05) is 91.0 Å². The van der Waals surface area contributed by atoms with E-state index in [9.17, 15) is 15.0 Å². The first kappa shape index (κ1) is 24.8. The molecule has 3 aromatic carbocycles. The Morgan fingerprint density at radius 2 is 1.12 bits per heavy atom. The molecule has 174 valence electrons. The molecule has 3 rings (SSSR count). The van der Waals surface area contributed by atoms with Gasteiger partial charge in [-0.3, -0.25) is 0 Å². The summed E-state index contributed by atoms with van der Waals surface area (Å²) in [7, 11) is 0. The third-order valence-corrected chi connectivity index (χ3v) is 5.16. The molecule has 0 amide bonds. The van der Waals surface area contributed by atoms with Gasteiger partial charge in [-0.15, -0.1) is 0 Å². The number of hydrogen-bond donors (Lipinski definition) is 2. The molecule has 0 saturated carbocycles. The fourth-order valence-corrected chi connectivity index (χ4v) is 3.32. The third-order valence-electron chi connectivity index (χ3n) is 5.16. The molecular formula is C27H30O6. The Morgan fingerprint density at radius 3 is 1.61 bits per heavy atom. The van der Waals surface area contributed by atoms with Gasteiger partial charge in [0.15, 0.2) is 6.29 Å². The summed E-state index contributed by atoms with van der Waals surface area (Å²) in [4.78, 5) is 11.9. The molecule has 6 nitrogen and oxygen atoms in total. The van der Waals surface area contributed by atoms with Crippen LogP contribution in [-0.4, -0.2) is 47.5 Å². The number of ether oxygens (including phenoxy) is 3. The molecule has 0 radical (unpaired) electrons. The van der Waals surface area contributed by atoms with E-state index in [1.54, 1.807) is 0 Å². The van der Waals surface area contributed by atoms with E-state index in [1.807, 2.05) is 91.0 Å². The fraction of sp³-hybridized carbons (Fsp3) is 0.296. The minimum atomic E-state index is -1.39. The lowest BCUT2D eigenvalue weighted by molar-refractivity contribution is -0.168. The Bertz CT molecular complexity index is 919. The van der Waals surface area contributed by atoms with E-state index in [-0.39, 0.29) is 19.8 Å². The topological polar surface area (TPSA) is 85.2 Å². The first-order valence-electron chi connectivity index (χ1n) is 10.9. The van der Waals surface area contributed by atoms with Gasteiger partial charge < -0.3 is 29.2 Å². The molecular weight excluding hydrogens is 420 g/mol. The van der Waals surface area contributed by atoms with E-state index in [0.717, 1.165) is 16.7 Å². The zero-order chi connectivity index (χ0) is 23.3. The Hall–Kier alpha value is -2.87. The first-order chi connectivity index (χ1) is 16.2. The molecule has 0 aliphatic carbocycles. The lowest BCUT2D eigenvalue weighted by Gasteiger charge is -2.30. The summed E-state index contributed by atoms with van der Waals surface area (Å²) in [5.41, 5.74) is 2.71. The second-order valence-corrected chi connectivity index (χ2v) is 7.72. The molecule has 33 heavy (non-hydrogen) atoms. The first-order valence-corrected chi connectivity index (χ1v) is 10.9. The summed E-state index contributed by atoms with van der Waals surface area (Å²) in [6, 6.07) is 28.3. The lowest BCUT2D eigenvalue weighted by atomic mass is 10.0. The average molecular weight is 451 g/mol. The van der Waals surface area contributed by atoms with Crippen LogP contribution in [0.4, 0.5) is 0 Å². The maximum atomic E-state index is 11.9. The molecule has 0 heterocycles. The Kier molecular flexibility index (Phi) is 10.2. The number of benzene rings is 3. The predicted octanol–water partition coefficient (Wildman–Crippen LogP) is 3.29. The molecule has 3 aromatic rings. The second kappa shape index (κ2) is 13.6. The van der Waals surface area contributed by atoms with Gasteiger partial charge in [0.25, 0.3) is 0 Å². The van der Waals surface area contributed by atoms with Crippen molar-refractivity contribution in [1.82, 2.24) is 0 Å². The van der Waals surface area contributed by atoms with Crippen molar-refractivity contribution in [1.29, 1.82) is 0 Å². The highest BCUT2D eigenvalue weighted by molar-refractivity contribution is 5.57. The van der Waals surface area contributed by atoms with E-state index >= 15 is 0 Å². The van der Waals surface area contributed by atoms with Crippen LogP contribution in [0.1, 0.15) is 16.7 Å². The number of aliphatic hydroxyl groups excluding tert-OH is 2. The van der Waals surface area contributed by atoms with Crippen molar-refractivity contribution in [3.63, 3.8) is 0 Å². The number of rotatable bonds is 14. The van der Waals surface area contributed by atoms with E-state index in [4.69, 9.17) is 14.2 Å². The summed E-state index contributed by atoms with van der Waals surface area (Å²) in [6.07, 6.45) is -4.22. The fourth-order valence-electron chi connectivity index (χ4n) is 3.32. The van der Waals surface area contributed by atoms with Crippen molar-refractivity contribution < 1.29 is 29.2 Å². The number of carbonyl (C=O) groups excluding carboxylic acids is 1. The molecule has 4 atom stereocenters. The van der Waals surface area contributed by atoms with Crippen LogP contribution in [0, 0.1) is 0 Å². The number of carbonyl (C=O) groups is 1. The molecule has 0 saturated heterocycles. The van der Waals surface area contributed by atoms with Gasteiger partial charge in [0, 0.05) is 0 Å². The normalized spacial score (nSPS) is 14.8. The molecule has 2 N–H and O–H groups in total. The van der Waals surface area contributed by atoms with Crippen molar-refractivity contribution in [3.05, 3.63) is 108 Å². The molecule has 6 heteroatoms. The maximum absolute atomic E-state index is 11.9. The Balaban J connectivity index is 1.63. The number of aldehydes is 1. The molecule has 0 bridgehead atoms. The van der Waals surface area contributed by atoms with Gasteiger partial charge in [-0.05, 0) is 16.7 Å². The summed E-state index contributed by atoms with van der Waals surface area (Å²) in [6.45, 7) is 0.495. The van der Waals surface area contributed by atoms with E-state index in [2.05, 4.69) is 0 Å². The van der Waals surface area contributed by atoms with Crippen LogP contribution in [0.3, 0.4) is 0 Å². The van der Waals surface area contributed by atoms with Crippen LogP contribution in [0.5, 0.6) is 0 Å². The van der Waals surface area contributed by atoms with Crippen molar-refractivity contribution >= 4 is 6.29 Å². The zero-order valence-corrected chi connectivity index (χ0v) is 18.4. The van der Waals surface area contributed by atoms with Crippen molar-refractivity contribution in [2.24, 2.45) is 0 Å². The smallest absolute Gasteiger partial charge is 0.151 e. The maximum Gasteiger partial charge on any atom is 0.151 e. The van der Waals surface area contributed by atoms with Gasteiger partial charge >= 0.3 is 0 Å². The molecule has 0 spiro atoms. The monoisotopic (exact) mass is 450 g/mol.